The summed E-state index contributed by atoms with van der Waals surface area (Å²) in [7, 11) is 1.82. The van der Waals surface area contributed by atoms with Gasteiger partial charge in [-0.1, -0.05) is 10.4 Å². The van der Waals surface area contributed by atoms with E-state index in [1.807, 2.05) is 13.2 Å². The molecule has 0 aliphatic carbocycles. The summed E-state index contributed by atoms with van der Waals surface area (Å²) in [5.41, 5.74) is 6.60. The number of aromatic nitrogens is 7. The van der Waals surface area contributed by atoms with Crippen molar-refractivity contribution in [3.05, 3.63) is 18.5 Å². The Kier molecular flexibility index (Phi) is 2.80. The zero-order valence-corrected chi connectivity index (χ0v) is 10.3. The summed E-state index contributed by atoms with van der Waals surface area (Å²) in [6.45, 7) is 1.08. The molecule has 0 fully saturated rings. The van der Waals surface area contributed by atoms with Crippen molar-refractivity contribution in [3.8, 4) is 23.1 Å². The van der Waals surface area contributed by atoms with Gasteiger partial charge in [0, 0.05) is 19.8 Å². The zero-order chi connectivity index (χ0) is 13.2. The second-order valence-electron chi connectivity index (χ2n) is 3.95. The highest BCUT2D eigenvalue weighted by Crippen LogP contribution is 2.18. The average molecular weight is 260 g/mol. The van der Waals surface area contributed by atoms with E-state index in [9.17, 15) is 0 Å². The number of aryl methyl sites for hydroxylation is 1. The summed E-state index contributed by atoms with van der Waals surface area (Å²) in [4.78, 5) is 4.24. The first-order valence-corrected chi connectivity index (χ1v) is 5.70. The molecule has 0 saturated carbocycles. The molecule has 9 heteroatoms. The van der Waals surface area contributed by atoms with Crippen LogP contribution >= 0.6 is 0 Å². The summed E-state index contributed by atoms with van der Waals surface area (Å²) in [6, 6.07) is 1.81. The van der Waals surface area contributed by atoms with Gasteiger partial charge in [0.1, 0.15) is 5.69 Å². The van der Waals surface area contributed by atoms with Gasteiger partial charge in [-0.05, 0) is 6.07 Å². The van der Waals surface area contributed by atoms with Gasteiger partial charge in [-0.15, -0.1) is 5.10 Å². The normalized spacial score (nSPS) is 11.1. The number of hydrogen-bond acceptors (Lipinski definition) is 7. The van der Waals surface area contributed by atoms with Gasteiger partial charge in [0.05, 0.1) is 12.7 Å². The highest BCUT2D eigenvalue weighted by Gasteiger charge is 2.15. The first kappa shape index (κ1) is 11.5. The third-order valence-corrected chi connectivity index (χ3v) is 2.48. The van der Waals surface area contributed by atoms with Crippen LogP contribution in [-0.4, -0.2) is 41.5 Å². The van der Waals surface area contributed by atoms with Crippen LogP contribution in [0.3, 0.4) is 0 Å². The van der Waals surface area contributed by atoms with Gasteiger partial charge in [-0.3, -0.25) is 9.36 Å². The standard InChI is InChI=1S/C10H12N8O/c1-17-4-2-7(14-17)9-12-10(19-15-9)8-6-18(5-3-11)16-13-8/h2,4,6H,3,5,11H2,1H3. The Morgan fingerprint density at radius 3 is 3.00 bits per heavy atom. The van der Waals surface area contributed by atoms with Gasteiger partial charge in [-0.2, -0.15) is 10.1 Å². The van der Waals surface area contributed by atoms with Crippen molar-refractivity contribution in [3.63, 3.8) is 0 Å². The van der Waals surface area contributed by atoms with Crippen molar-refractivity contribution >= 4 is 0 Å². The van der Waals surface area contributed by atoms with Crippen molar-refractivity contribution in [1.82, 2.24) is 34.9 Å². The molecule has 2 N–H and O–H groups in total. The van der Waals surface area contributed by atoms with Gasteiger partial charge in [0.15, 0.2) is 5.69 Å². The second-order valence-corrected chi connectivity index (χ2v) is 3.95. The molecule has 0 saturated heterocycles. The lowest BCUT2D eigenvalue weighted by atomic mass is 10.4. The Balaban J connectivity index is 1.87. The molecule has 0 aliphatic rings. The third kappa shape index (κ3) is 2.22. The molecule has 3 aromatic heterocycles. The predicted molar refractivity (Wildman–Crippen MR) is 64.6 cm³/mol. The fourth-order valence-electron chi connectivity index (χ4n) is 1.60. The minimum Gasteiger partial charge on any atom is -0.332 e. The molecule has 0 atom stereocenters. The maximum Gasteiger partial charge on any atom is 0.280 e. The van der Waals surface area contributed by atoms with E-state index in [0.717, 1.165) is 0 Å². The SMILES string of the molecule is Cn1ccc(-c2noc(-c3cn(CCN)nn3)n2)n1. The highest BCUT2D eigenvalue weighted by atomic mass is 16.5. The predicted octanol–water partition coefficient (Wildman–Crippen LogP) is -0.313. The Bertz CT molecular complexity index is 681. The molecule has 3 heterocycles. The molecule has 9 nitrogen and oxygen atoms in total. The topological polar surface area (TPSA) is 113 Å². The lowest BCUT2D eigenvalue weighted by molar-refractivity contribution is 0.430. The van der Waals surface area contributed by atoms with Crippen LogP contribution < -0.4 is 5.73 Å². The van der Waals surface area contributed by atoms with Crippen molar-refractivity contribution in [2.45, 2.75) is 6.54 Å². The molecule has 98 valence electrons. The van der Waals surface area contributed by atoms with E-state index in [0.29, 0.717) is 36.2 Å². The number of nitrogens with two attached hydrogens (primary N) is 1. The van der Waals surface area contributed by atoms with Crippen LogP contribution in [0.15, 0.2) is 23.0 Å². The minimum atomic E-state index is 0.309. The number of nitrogens with zero attached hydrogens (tertiary/aromatic N) is 7. The van der Waals surface area contributed by atoms with Gasteiger partial charge in [0.25, 0.3) is 5.89 Å². The molecule has 3 aromatic rings. The Labute approximate surface area is 108 Å². The van der Waals surface area contributed by atoms with Gasteiger partial charge in [-0.25, -0.2) is 0 Å². The largest absolute Gasteiger partial charge is 0.332 e. The van der Waals surface area contributed by atoms with Gasteiger partial charge in [0.2, 0.25) is 5.82 Å². The van der Waals surface area contributed by atoms with Crippen LogP contribution in [0.4, 0.5) is 0 Å². The van der Waals surface area contributed by atoms with Crippen LogP contribution in [0.25, 0.3) is 23.1 Å². The quantitative estimate of drug-likeness (QED) is 0.684. The van der Waals surface area contributed by atoms with Crippen molar-refractivity contribution in [1.29, 1.82) is 0 Å². The van der Waals surface area contributed by atoms with Crippen LogP contribution in [0, 0.1) is 0 Å². The molecule has 0 bridgehead atoms. The van der Waals surface area contributed by atoms with E-state index < -0.39 is 0 Å². The fraction of sp³-hybridized carbons (Fsp3) is 0.300. The van der Waals surface area contributed by atoms with E-state index in [4.69, 9.17) is 10.3 Å². The maximum atomic E-state index is 5.44. The number of rotatable bonds is 4. The first-order chi connectivity index (χ1) is 9.26. The Morgan fingerprint density at radius 2 is 2.26 bits per heavy atom. The minimum absolute atomic E-state index is 0.309. The molecule has 0 aromatic carbocycles. The fourth-order valence-corrected chi connectivity index (χ4v) is 1.60. The van der Waals surface area contributed by atoms with E-state index in [-0.39, 0.29) is 0 Å². The third-order valence-electron chi connectivity index (χ3n) is 2.48. The van der Waals surface area contributed by atoms with Crippen LogP contribution in [-0.2, 0) is 13.6 Å². The molecule has 0 radical (unpaired) electrons. The average Bonchev–Trinajstić information content (AvgIpc) is 3.07. The van der Waals surface area contributed by atoms with Crippen molar-refractivity contribution < 1.29 is 4.52 Å². The lowest BCUT2D eigenvalue weighted by Crippen LogP contribution is -2.10. The van der Waals surface area contributed by atoms with Crippen LogP contribution in [0.1, 0.15) is 0 Å². The second kappa shape index (κ2) is 4.61. The van der Waals surface area contributed by atoms with E-state index >= 15 is 0 Å². The zero-order valence-electron chi connectivity index (χ0n) is 10.3. The van der Waals surface area contributed by atoms with E-state index in [1.54, 1.807) is 21.6 Å². The first-order valence-electron chi connectivity index (χ1n) is 5.70. The van der Waals surface area contributed by atoms with Crippen LogP contribution in [0.5, 0.6) is 0 Å². The molecule has 0 spiro atoms. The number of hydrogen-bond donors (Lipinski definition) is 1. The summed E-state index contributed by atoms with van der Waals surface area (Å²) >= 11 is 0. The molecular formula is C10H12N8O. The monoisotopic (exact) mass is 260 g/mol. The van der Waals surface area contributed by atoms with Crippen molar-refractivity contribution in [2.24, 2.45) is 12.8 Å². The molecule has 0 unspecified atom stereocenters. The molecular weight excluding hydrogens is 248 g/mol. The maximum absolute atomic E-state index is 5.44. The summed E-state index contributed by atoms with van der Waals surface area (Å²) in [5, 5.41) is 15.9. The molecule has 3 rings (SSSR count). The summed E-state index contributed by atoms with van der Waals surface area (Å²) in [6.07, 6.45) is 3.52. The molecule has 19 heavy (non-hydrogen) atoms. The van der Waals surface area contributed by atoms with E-state index in [2.05, 4.69) is 25.6 Å². The summed E-state index contributed by atoms with van der Waals surface area (Å²) in [5.74, 6) is 0.730. The van der Waals surface area contributed by atoms with Gasteiger partial charge < -0.3 is 10.3 Å². The van der Waals surface area contributed by atoms with Crippen molar-refractivity contribution in [2.75, 3.05) is 6.54 Å². The summed E-state index contributed by atoms with van der Waals surface area (Å²) < 4.78 is 8.44. The lowest BCUT2D eigenvalue weighted by Gasteiger charge is -1.91. The molecule has 0 aliphatic heterocycles. The smallest absolute Gasteiger partial charge is 0.280 e. The Morgan fingerprint density at radius 1 is 1.37 bits per heavy atom. The van der Waals surface area contributed by atoms with E-state index in [1.165, 1.54) is 0 Å². The van der Waals surface area contributed by atoms with Gasteiger partial charge >= 0.3 is 0 Å². The van der Waals surface area contributed by atoms with Crippen LogP contribution in [0.2, 0.25) is 0 Å². The molecule has 0 amide bonds. The highest BCUT2D eigenvalue weighted by molar-refractivity contribution is 5.52. The Hall–Kier alpha value is -2.55.